The van der Waals surface area contributed by atoms with E-state index in [1.165, 1.54) is 13.8 Å². The predicted octanol–water partition coefficient (Wildman–Crippen LogP) is -1.08. The Balaban J connectivity index is 0. The molecule has 0 aliphatic carbocycles. The molecule has 8 heteroatoms. The molecule has 0 aliphatic rings. The Bertz CT molecular complexity index is 363. The Hall–Kier alpha value is -0.370. The number of hydrogen-bond donors (Lipinski definition) is 1. The summed E-state index contributed by atoms with van der Waals surface area (Å²) in [6.07, 6.45) is 1.02. The summed E-state index contributed by atoms with van der Waals surface area (Å²) in [6, 6.07) is 0. The van der Waals surface area contributed by atoms with Gasteiger partial charge < -0.3 is 9.50 Å². The molecule has 0 rings (SSSR count). The molecule has 0 aliphatic heterocycles. The quantitative estimate of drug-likeness (QED) is 0.284. The van der Waals surface area contributed by atoms with E-state index in [0.717, 1.165) is 6.08 Å². The monoisotopic (exact) mass is 259 g/mol. The molecule has 1 N–H and O–H groups in total. The zero-order chi connectivity index (χ0) is 12.1. The number of carbonyl (C=O) groups excluding carboxylic acids is 2. The van der Waals surface area contributed by atoms with Crippen molar-refractivity contribution in [2.45, 2.75) is 19.4 Å². The van der Waals surface area contributed by atoms with Crippen molar-refractivity contribution in [3.63, 3.8) is 0 Å². The van der Waals surface area contributed by atoms with Gasteiger partial charge in [0, 0.05) is 0 Å². The van der Waals surface area contributed by atoms with E-state index >= 15 is 0 Å². The van der Waals surface area contributed by atoms with Gasteiger partial charge in [0.1, 0.15) is 5.75 Å². The van der Waals surface area contributed by atoms with Crippen LogP contribution in [-0.2, 0) is 23.9 Å². The molecular formula is C8H14NNaO5S. The third-order valence-corrected chi connectivity index (χ3v) is 2.82. The van der Waals surface area contributed by atoms with Crippen LogP contribution in [0.4, 0.5) is 0 Å². The molecule has 0 saturated heterocycles. The summed E-state index contributed by atoms with van der Waals surface area (Å²) in [5.74, 6) is -1.00. The third-order valence-electron chi connectivity index (χ3n) is 1.37. The first-order chi connectivity index (χ1) is 6.72. The second-order valence-corrected chi connectivity index (χ2v) is 5.07. The average molecular weight is 259 g/mol. The summed E-state index contributed by atoms with van der Waals surface area (Å²) in [7, 11) is -3.96. The molecule has 6 nitrogen and oxygen atoms in total. The number of carbonyl (C=O) groups is 2. The Morgan fingerprint density at radius 2 is 2.00 bits per heavy atom. The summed E-state index contributed by atoms with van der Waals surface area (Å²) in [5, 5.41) is 2.39. The van der Waals surface area contributed by atoms with Gasteiger partial charge in [-0.1, -0.05) is 6.58 Å². The molecular weight excluding hydrogens is 245 g/mol. The van der Waals surface area contributed by atoms with Crippen molar-refractivity contribution < 1.29 is 22.2 Å². The second-order valence-electron chi connectivity index (χ2n) is 3.47. The summed E-state index contributed by atoms with van der Waals surface area (Å²) in [4.78, 5) is 20.8. The van der Waals surface area contributed by atoms with Crippen LogP contribution in [0.1, 0.15) is 13.8 Å². The van der Waals surface area contributed by atoms with Crippen molar-refractivity contribution in [2.24, 2.45) is 0 Å². The van der Waals surface area contributed by atoms with Crippen molar-refractivity contribution in [3.8, 4) is 0 Å². The topological polar surface area (TPSA) is 89.5 Å². The van der Waals surface area contributed by atoms with Crippen LogP contribution in [0.3, 0.4) is 0 Å². The number of hydrogen-bond acceptors (Lipinski definition) is 5. The summed E-state index contributed by atoms with van der Waals surface area (Å²) in [6.45, 7) is 6.04. The minimum absolute atomic E-state index is 0. The molecule has 0 unspecified atom stereocenters. The predicted molar refractivity (Wildman–Crippen MR) is 60.5 cm³/mol. The normalized spacial score (nSPS) is 10.9. The van der Waals surface area contributed by atoms with Gasteiger partial charge in [-0.3, -0.25) is 9.59 Å². The van der Waals surface area contributed by atoms with Crippen LogP contribution >= 0.6 is 0 Å². The van der Waals surface area contributed by atoms with Crippen molar-refractivity contribution in [1.82, 2.24) is 5.32 Å². The van der Waals surface area contributed by atoms with Gasteiger partial charge in [0.15, 0.2) is 0 Å². The maximum atomic E-state index is 11.1. The SMILES string of the molecule is C=CC(=O)NC(C)(C)CS(=O)(=O)OC=O.[NaH]. The van der Waals surface area contributed by atoms with E-state index in [2.05, 4.69) is 16.1 Å². The fourth-order valence-electron chi connectivity index (χ4n) is 0.956. The van der Waals surface area contributed by atoms with Gasteiger partial charge in [-0.25, -0.2) is 0 Å². The van der Waals surface area contributed by atoms with Gasteiger partial charge in [0.2, 0.25) is 5.91 Å². The second kappa shape index (κ2) is 7.05. The van der Waals surface area contributed by atoms with E-state index in [9.17, 15) is 18.0 Å². The Morgan fingerprint density at radius 1 is 1.50 bits per heavy atom. The van der Waals surface area contributed by atoms with Crippen molar-refractivity contribution in [1.29, 1.82) is 0 Å². The molecule has 16 heavy (non-hydrogen) atoms. The van der Waals surface area contributed by atoms with Crippen LogP contribution in [0, 0.1) is 0 Å². The van der Waals surface area contributed by atoms with Gasteiger partial charge in [0.25, 0.3) is 0 Å². The van der Waals surface area contributed by atoms with E-state index in [1.807, 2.05) is 0 Å². The van der Waals surface area contributed by atoms with Crippen molar-refractivity contribution in [2.75, 3.05) is 5.75 Å². The Labute approximate surface area is 117 Å². The maximum absolute atomic E-state index is 11.1. The summed E-state index contributed by atoms with van der Waals surface area (Å²) in [5.41, 5.74) is -1.03. The molecule has 0 fully saturated rings. The molecule has 0 aromatic carbocycles. The van der Waals surface area contributed by atoms with Gasteiger partial charge >= 0.3 is 46.1 Å². The van der Waals surface area contributed by atoms with Crippen molar-refractivity contribution in [3.05, 3.63) is 12.7 Å². The van der Waals surface area contributed by atoms with Crippen LogP contribution in [0.5, 0.6) is 0 Å². The molecule has 0 aromatic heterocycles. The molecule has 0 bridgehead atoms. The zero-order valence-electron chi connectivity index (χ0n) is 8.52. The third kappa shape index (κ3) is 7.86. The summed E-state index contributed by atoms with van der Waals surface area (Å²) < 4.78 is 26.1. The van der Waals surface area contributed by atoms with Crippen LogP contribution in [0.15, 0.2) is 12.7 Å². The first-order valence-electron chi connectivity index (χ1n) is 4.01. The van der Waals surface area contributed by atoms with Crippen LogP contribution in [0.25, 0.3) is 0 Å². The molecule has 1 amide bonds. The molecule has 0 spiro atoms. The van der Waals surface area contributed by atoms with Crippen molar-refractivity contribution >= 4 is 52.1 Å². The molecule has 88 valence electrons. The van der Waals surface area contributed by atoms with E-state index in [4.69, 9.17) is 0 Å². The standard InChI is InChI=1S/C8H13NO5S.Na.H/c1-4-7(11)9-8(2,3)5-15(12,13)14-6-10;;/h4,6H,1,5H2,2-3H3,(H,9,11);;. The Kier molecular flexibility index (Phi) is 7.94. The fraction of sp³-hybridized carbons (Fsp3) is 0.500. The minimum atomic E-state index is -3.96. The first kappa shape index (κ1) is 18.0. The van der Waals surface area contributed by atoms with Gasteiger partial charge in [-0.2, -0.15) is 8.42 Å². The molecule has 0 aromatic rings. The molecule has 0 saturated carbocycles. The average Bonchev–Trinajstić information content (AvgIpc) is 2.00. The van der Waals surface area contributed by atoms with Gasteiger partial charge in [0.05, 0.1) is 5.54 Å². The van der Waals surface area contributed by atoms with E-state index in [1.54, 1.807) is 0 Å². The van der Waals surface area contributed by atoms with Crippen LogP contribution in [0.2, 0.25) is 0 Å². The molecule has 0 heterocycles. The number of nitrogens with one attached hydrogen (secondary N) is 1. The number of rotatable bonds is 6. The van der Waals surface area contributed by atoms with Crippen LogP contribution < -0.4 is 5.32 Å². The van der Waals surface area contributed by atoms with Crippen LogP contribution in [-0.4, -0.2) is 61.6 Å². The van der Waals surface area contributed by atoms with E-state index in [-0.39, 0.29) is 36.0 Å². The van der Waals surface area contributed by atoms with E-state index < -0.39 is 27.3 Å². The van der Waals surface area contributed by atoms with Gasteiger partial charge in [-0.15, -0.1) is 0 Å². The number of amides is 1. The van der Waals surface area contributed by atoms with Gasteiger partial charge in [-0.05, 0) is 19.9 Å². The summed E-state index contributed by atoms with van der Waals surface area (Å²) >= 11 is 0. The molecule has 0 radical (unpaired) electrons. The first-order valence-corrected chi connectivity index (χ1v) is 5.59. The molecule has 0 atom stereocenters. The van der Waals surface area contributed by atoms with E-state index in [0.29, 0.717) is 0 Å². The fourth-order valence-corrected chi connectivity index (χ4v) is 2.10. The zero-order valence-corrected chi connectivity index (χ0v) is 9.33. The Morgan fingerprint density at radius 3 is 2.38 bits per heavy atom.